The van der Waals surface area contributed by atoms with Crippen molar-refractivity contribution in [2.45, 2.75) is 13.0 Å². The SMILES string of the molecule is CN(C)CCCn1c(=O)c2sc3sccc3c2c2ccccc21. The highest BCUT2D eigenvalue weighted by Crippen LogP contribution is 2.39. The monoisotopic (exact) mass is 342 g/mol. The molecule has 4 rings (SSSR count). The Balaban J connectivity index is 2.01. The third kappa shape index (κ3) is 2.40. The highest BCUT2D eigenvalue weighted by Gasteiger charge is 2.16. The summed E-state index contributed by atoms with van der Waals surface area (Å²) < 4.78 is 4.10. The molecule has 0 saturated carbocycles. The lowest BCUT2D eigenvalue weighted by Gasteiger charge is -2.13. The summed E-state index contributed by atoms with van der Waals surface area (Å²) in [4.78, 5) is 15.2. The van der Waals surface area contributed by atoms with Crippen LogP contribution in [0.1, 0.15) is 6.42 Å². The Morgan fingerprint density at radius 2 is 1.96 bits per heavy atom. The number of nitrogens with zero attached hydrogens (tertiary/aromatic N) is 2. The number of rotatable bonds is 4. The Hall–Kier alpha value is -1.69. The lowest BCUT2D eigenvalue weighted by atomic mass is 10.1. The molecule has 0 saturated heterocycles. The van der Waals surface area contributed by atoms with Gasteiger partial charge in [0.05, 0.1) is 9.53 Å². The fourth-order valence-corrected chi connectivity index (χ4v) is 5.38. The van der Waals surface area contributed by atoms with Crippen molar-refractivity contribution in [2.24, 2.45) is 0 Å². The summed E-state index contributed by atoms with van der Waals surface area (Å²) in [6.45, 7) is 1.75. The molecule has 0 unspecified atom stereocenters. The molecule has 3 heterocycles. The van der Waals surface area contributed by atoms with Crippen LogP contribution in [-0.2, 0) is 6.54 Å². The molecule has 4 aromatic rings. The van der Waals surface area contributed by atoms with Crippen molar-refractivity contribution in [3.63, 3.8) is 0 Å². The minimum Gasteiger partial charge on any atom is -0.309 e. The number of hydrogen-bond acceptors (Lipinski definition) is 4. The highest BCUT2D eigenvalue weighted by atomic mass is 32.2. The van der Waals surface area contributed by atoms with E-state index in [1.54, 1.807) is 22.7 Å². The van der Waals surface area contributed by atoms with Gasteiger partial charge in [-0.25, -0.2) is 0 Å². The Bertz CT molecular complexity index is 1060. The number of benzene rings is 1. The first-order valence-electron chi connectivity index (χ1n) is 7.73. The predicted octanol–water partition coefficient (Wildman–Crippen LogP) is 4.38. The first-order valence-corrected chi connectivity index (χ1v) is 9.42. The number of aryl methyl sites for hydroxylation is 1. The van der Waals surface area contributed by atoms with Crippen LogP contribution in [0.2, 0.25) is 0 Å². The van der Waals surface area contributed by atoms with Crippen LogP contribution < -0.4 is 5.56 Å². The van der Waals surface area contributed by atoms with Crippen molar-refractivity contribution in [1.29, 1.82) is 0 Å². The second kappa shape index (κ2) is 5.74. The van der Waals surface area contributed by atoms with E-state index < -0.39 is 0 Å². The van der Waals surface area contributed by atoms with Gasteiger partial charge in [-0.3, -0.25) is 4.79 Å². The summed E-state index contributed by atoms with van der Waals surface area (Å²) in [7, 11) is 4.13. The van der Waals surface area contributed by atoms with Crippen LogP contribution in [0.15, 0.2) is 40.5 Å². The minimum absolute atomic E-state index is 0.158. The predicted molar refractivity (Wildman–Crippen MR) is 102 cm³/mol. The Kier molecular flexibility index (Phi) is 3.71. The van der Waals surface area contributed by atoms with E-state index in [9.17, 15) is 4.79 Å². The van der Waals surface area contributed by atoms with E-state index in [4.69, 9.17) is 0 Å². The molecule has 0 radical (unpaired) electrons. The summed E-state index contributed by atoms with van der Waals surface area (Å²) in [5.41, 5.74) is 1.21. The van der Waals surface area contributed by atoms with Crippen LogP contribution in [0.5, 0.6) is 0 Å². The molecule has 5 heteroatoms. The molecule has 0 bridgehead atoms. The van der Waals surface area contributed by atoms with E-state index in [0.29, 0.717) is 0 Å². The first-order chi connectivity index (χ1) is 11.2. The number of hydrogen-bond donors (Lipinski definition) is 0. The van der Waals surface area contributed by atoms with E-state index in [2.05, 4.69) is 48.6 Å². The maximum atomic E-state index is 13.1. The van der Waals surface area contributed by atoms with Gasteiger partial charge in [0, 0.05) is 22.7 Å². The van der Waals surface area contributed by atoms with Crippen LogP contribution >= 0.6 is 22.7 Å². The van der Waals surface area contributed by atoms with E-state index in [-0.39, 0.29) is 5.56 Å². The van der Waals surface area contributed by atoms with Crippen LogP contribution in [0.3, 0.4) is 0 Å². The molecular formula is C18H18N2OS2. The molecule has 1 aromatic carbocycles. The van der Waals surface area contributed by atoms with Gasteiger partial charge in [-0.2, -0.15) is 0 Å². The van der Waals surface area contributed by atoms with Crippen LogP contribution in [0.25, 0.3) is 30.4 Å². The molecule has 3 nitrogen and oxygen atoms in total. The Labute approximate surface area is 142 Å². The van der Waals surface area contributed by atoms with Gasteiger partial charge in [-0.15, -0.1) is 22.7 Å². The average Bonchev–Trinajstić information content (AvgIpc) is 3.11. The van der Waals surface area contributed by atoms with Crippen molar-refractivity contribution < 1.29 is 0 Å². The molecule has 0 aliphatic carbocycles. The Morgan fingerprint density at radius 1 is 1.13 bits per heavy atom. The standard InChI is InChI=1S/C18H18N2OS2/c1-19(2)9-5-10-20-14-7-4-3-6-12(14)15-13-8-11-22-18(13)23-16(15)17(20)21/h3-4,6-8,11H,5,9-10H2,1-2H3. The third-order valence-corrected chi connectivity index (χ3v) is 6.44. The first kappa shape index (κ1) is 14.9. The highest BCUT2D eigenvalue weighted by molar-refractivity contribution is 7.41. The van der Waals surface area contributed by atoms with Crippen molar-refractivity contribution in [1.82, 2.24) is 9.47 Å². The number of pyridine rings is 1. The molecule has 0 spiro atoms. The van der Waals surface area contributed by atoms with Crippen molar-refractivity contribution in [2.75, 3.05) is 20.6 Å². The molecule has 0 fully saturated rings. The van der Waals surface area contributed by atoms with Gasteiger partial charge in [-0.1, -0.05) is 18.2 Å². The van der Waals surface area contributed by atoms with Crippen molar-refractivity contribution in [3.05, 3.63) is 46.1 Å². The second-order valence-corrected chi connectivity index (χ2v) is 8.25. The normalized spacial score (nSPS) is 12.1. The van der Waals surface area contributed by atoms with E-state index >= 15 is 0 Å². The molecule has 118 valence electrons. The van der Waals surface area contributed by atoms with E-state index in [1.807, 2.05) is 10.6 Å². The van der Waals surface area contributed by atoms with Gasteiger partial charge in [-0.05, 0) is 44.6 Å². The molecule has 0 aliphatic heterocycles. The maximum Gasteiger partial charge on any atom is 0.269 e. The van der Waals surface area contributed by atoms with Gasteiger partial charge < -0.3 is 9.47 Å². The van der Waals surface area contributed by atoms with Gasteiger partial charge in [0.1, 0.15) is 4.70 Å². The number of fused-ring (bicyclic) bond motifs is 5. The van der Waals surface area contributed by atoms with Gasteiger partial charge in [0.25, 0.3) is 5.56 Å². The lowest BCUT2D eigenvalue weighted by Crippen LogP contribution is -2.23. The van der Waals surface area contributed by atoms with E-state index in [0.717, 1.165) is 35.1 Å². The number of aromatic nitrogens is 1. The van der Waals surface area contributed by atoms with E-state index in [1.165, 1.54) is 14.8 Å². The van der Waals surface area contributed by atoms with Crippen molar-refractivity contribution >= 4 is 53.1 Å². The molecule has 0 atom stereocenters. The second-order valence-electron chi connectivity index (χ2n) is 6.06. The smallest absolute Gasteiger partial charge is 0.269 e. The van der Waals surface area contributed by atoms with Crippen LogP contribution in [0.4, 0.5) is 0 Å². The van der Waals surface area contributed by atoms with Crippen molar-refractivity contribution in [3.8, 4) is 0 Å². The lowest BCUT2D eigenvalue weighted by molar-refractivity contribution is 0.387. The molecule has 0 amide bonds. The summed E-state index contributed by atoms with van der Waals surface area (Å²) in [6.07, 6.45) is 0.974. The summed E-state index contributed by atoms with van der Waals surface area (Å²) in [6, 6.07) is 10.4. The molecule has 3 aromatic heterocycles. The van der Waals surface area contributed by atoms with Gasteiger partial charge in [0.15, 0.2) is 0 Å². The number of thiophene rings is 2. The van der Waals surface area contributed by atoms with Crippen LogP contribution in [0, 0.1) is 0 Å². The molecular weight excluding hydrogens is 324 g/mol. The Morgan fingerprint density at radius 3 is 2.78 bits per heavy atom. The summed E-state index contributed by atoms with van der Waals surface area (Å²) in [5, 5.41) is 5.66. The quantitative estimate of drug-likeness (QED) is 0.550. The largest absolute Gasteiger partial charge is 0.309 e. The topological polar surface area (TPSA) is 25.2 Å². The van der Waals surface area contributed by atoms with Gasteiger partial charge in [0.2, 0.25) is 0 Å². The zero-order valence-electron chi connectivity index (χ0n) is 13.2. The minimum atomic E-state index is 0.158. The molecule has 0 N–H and O–H groups in total. The fraction of sp³-hybridized carbons (Fsp3) is 0.278. The molecule has 23 heavy (non-hydrogen) atoms. The summed E-state index contributed by atoms with van der Waals surface area (Å²) >= 11 is 3.36. The van der Waals surface area contributed by atoms with Crippen LogP contribution in [-0.4, -0.2) is 30.1 Å². The third-order valence-electron chi connectivity index (χ3n) is 4.21. The maximum absolute atomic E-state index is 13.1. The average molecular weight is 342 g/mol. The number of para-hydroxylation sites is 1. The van der Waals surface area contributed by atoms with Gasteiger partial charge >= 0.3 is 0 Å². The summed E-state index contributed by atoms with van der Waals surface area (Å²) in [5.74, 6) is 0. The zero-order chi connectivity index (χ0) is 16.0. The molecule has 0 aliphatic rings. The zero-order valence-corrected chi connectivity index (χ0v) is 14.8. The fourth-order valence-electron chi connectivity index (χ4n) is 3.16.